The standard InChI is InChI=1S/C17H25FN2/c18-16-7-3-2-6-15(16)17(8-4-1-5-9-17)14-20-12-10-19-11-13-20/h2-3,6-7,19H,1,4-5,8-14H2. The highest BCUT2D eigenvalue weighted by molar-refractivity contribution is 5.28. The Kier molecular flexibility index (Phi) is 4.37. The Balaban J connectivity index is 1.85. The first kappa shape index (κ1) is 14.0. The minimum Gasteiger partial charge on any atom is -0.314 e. The summed E-state index contributed by atoms with van der Waals surface area (Å²) in [6, 6.07) is 7.44. The van der Waals surface area contributed by atoms with E-state index in [1.54, 1.807) is 12.1 Å². The average Bonchev–Trinajstić information content (AvgIpc) is 2.49. The van der Waals surface area contributed by atoms with Crippen molar-refractivity contribution in [2.45, 2.75) is 37.5 Å². The van der Waals surface area contributed by atoms with E-state index in [2.05, 4.69) is 10.2 Å². The van der Waals surface area contributed by atoms with Crippen LogP contribution in [-0.2, 0) is 5.41 Å². The van der Waals surface area contributed by atoms with Crippen LogP contribution in [0, 0.1) is 5.82 Å². The second-order valence-corrected chi connectivity index (χ2v) is 6.35. The summed E-state index contributed by atoms with van der Waals surface area (Å²) in [7, 11) is 0. The number of halogens is 1. The van der Waals surface area contributed by atoms with Crippen molar-refractivity contribution in [1.82, 2.24) is 10.2 Å². The van der Waals surface area contributed by atoms with Gasteiger partial charge in [0, 0.05) is 38.1 Å². The van der Waals surface area contributed by atoms with Crippen LogP contribution in [0.5, 0.6) is 0 Å². The van der Waals surface area contributed by atoms with Crippen LogP contribution >= 0.6 is 0 Å². The van der Waals surface area contributed by atoms with Gasteiger partial charge >= 0.3 is 0 Å². The van der Waals surface area contributed by atoms with Crippen molar-refractivity contribution in [1.29, 1.82) is 0 Å². The molecule has 2 nitrogen and oxygen atoms in total. The average molecular weight is 276 g/mol. The first-order chi connectivity index (χ1) is 9.80. The van der Waals surface area contributed by atoms with Gasteiger partial charge in [0.05, 0.1) is 0 Å². The Morgan fingerprint density at radius 1 is 1.05 bits per heavy atom. The van der Waals surface area contributed by atoms with Crippen molar-refractivity contribution in [3.63, 3.8) is 0 Å². The molecule has 2 aliphatic rings. The first-order valence-electron chi connectivity index (χ1n) is 7.98. The maximum Gasteiger partial charge on any atom is 0.127 e. The van der Waals surface area contributed by atoms with Crippen molar-refractivity contribution < 1.29 is 4.39 Å². The van der Waals surface area contributed by atoms with Crippen LogP contribution in [0.3, 0.4) is 0 Å². The van der Waals surface area contributed by atoms with Gasteiger partial charge in [0.1, 0.15) is 5.82 Å². The summed E-state index contributed by atoms with van der Waals surface area (Å²) in [4.78, 5) is 2.52. The zero-order chi connectivity index (χ0) is 13.8. The van der Waals surface area contributed by atoms with Crippen LogP contribution in [0.1, 0.15) is 37.7 Å². The summed E-state index contributed by atoms with van der Waals surface area (Å²) in [5, 5.41) is 3.40. The molecule has 20 heavy (non-hydrogen) atoms. The van der Waals surface area contributed by atoms with Crippen LogP contribution in [0.4, 0.5) is 4.39 Å². The lowest BCUT2D eigenvalue weighted by Crippen LogP contribution is -2.50. The van der Waals surface area contributed by atoms with Crippen LogP contribution in [-0.4, -0.2) is 37.6 Å². The lowest BCUT2D eigenvalue weighted by Gasteiger charge is -2.43. The number of hydrogen-bond acceptors (Lipinski definition) is 2. The molecule has 2 fully saturated rings. The zero-order valence-corrected chi connectivity index (χ0v) is 12.2. The number of nitrogens with zero attached hydrogens (tertiary/aromatic N) is 1. The molecular weight excluding hydrogens is 251 g/mol. The highest BCUT2D eigenvalue weighted by Crippen LogP contribution is 2.41. The molecule has 1 aromatic rings. The molecule has 1 saturated carbocycles. The van der Waals surface area contributed by atoms with Gasteiger partial charge in [0.2, 0.25) is 0 Å². The van der Waals surface area contributed by atoms with Gasteiger partial charge in [-0.25, -0.2) is 4.39 Å². The van der Waals surface area contributed by atoms with Gasteiger partial charge in [-0.3, -0.25) is 4.90 Å². The van der Waals surface area contributed by atoms with E-state index in [1.807, 2.05) is 12.1 Å². The van der Waals surface area contributed by atoms with Gasteiger partial charge in [0.15, 0.2) is 0 Å². The van der Waals surface area contributed by atoms with Gasteiger partial charge < -0.3 is 5.32 Å². The van der Waals surface area contributed by atoms with E-state index in [1.165, 1.54) is 19.3 Å². The molecule has 0 aromatic heterocycles. The number of nitrogens with one attached hydrogen (secondary N) is 1. The predicted octanol–water partition coefficient (Wildman–Crippen LogP) is 2.93. The molecule has 0 amide bonds. The third-order valence-electron chi connectivity index (χ3n) is 4.99. The predicted molar refractivity (Wildman–Crippen MR) is 80.5 cm³/mol. The molecule has 0 spiro atoms. The summed E-state index contributed by atoms with van der Waals surface area (Å²) in [5.41, 5.74) is 0.999. The minimum atomic E-state index is -0.00969. The quantitative estimate of drug-likeness (QED) is 0.913. The third kappa shape index (κ3) is 2.89. The minimum absolute atomic E-state index is 0.00969. The molecule has 0 bridgehead atoms. The zero-order valence-electron chi connectivity index (χ0n) is 12.2. The summed E-state index contributed by atoms with van der Waals surface area (Å²) in [6.07, 6.45) is 6.05. The Labute approximate surface area is 121 Å². The van der Waals surface area contributed by atoms with Crippen molar-refractivity contribution >= 4 is 0 Å². The van der Waals surface area contributed by atoms with E-state index in [9.17, 15) is 4.39 Å². The Bertz CT molecular complexity index is 434. The van der Waals surface area contributed by atoms with Crippen molar-refractivity contribution in [3.05, 3.63) is 35.6 Å². The molecule has 3 heteroatoms. The maximum atomic E-state index is 14.3. The fraction of sp³-hybridized carbons (Fsp3) is 0.647. The van der Waals surface area contributed by atoms with Gasteiger partial charge in [-0.15, -0.1) is 0 Å². The van der Waals surface area contributed by atoms with Crippen molar-refractivity contribution in [3.8, 4) is 0 Å². The van der Waals surface area contributed by atoms with Crippen LogP contribution in [0.2, 0.25) is 0 Å². The van der Waals surface area contributed by atoms with Gasteiger partial charge in [0.25, 0.3) is 0 Å². The third-order valence-corrected chi connectivity index (χ3v) is 4.99. The van der Waals surface area contributed by atoms with Crippen molar-refractivity contribution in [2.75, 3.05) is 32.7 Å². The van der Waals surface area contributed by atoms with E-state index < -0.39 is 0 Å². The molecule has 1 aliphatic carbocycles. The van der Waals surface area contributed by atoms with Gasteiger partial charge in [-0.1, -0.05) is 37.5 Å². The molecule has 0 unspecified atom stereocenters. The number of piperazine rings is 1. The number of rotatable bonds is 3. The summed E-state index contributed by atoms with van der Waals surface area (Å²) < 4.78 is 14.3. The molecule has 1 heterocycles. The lowest BCUT2D eigenvalue weighted by atomic mass is 9.69. The monoisotopic (exact) mass is 276 g/mol. The van der Waals surface area contributed by atoms with E-state index in [-0.39, 0.29) is 11.2 Å². The molecule has 0 radical (unpaired) electrons. The normalized spacial score (nSPS) is 23.6. The maximum absolute atomic E-state index is 14.3. The number of benzene rings is 1. The largest absolute Gasteiger partial charge is 0.314 e. The van der Waals surface area contributed by atoms with E-state index in [0.717, 1.165) is 51.1 Å². The van der Waals surface area contributed by atoms with Crippen LogP contribution in [0.25, 0.3) is 0 Å². The topological polar surface area (TPSA) is 15.3 Å². The molecular formula is C17H25FN2. The van der Waals surface area contributed by atoms with Gasteiger partial charge in [-0.2, -0.15) is 0 Å². The lowest BCUT2D eigenvalue weighted by molar-refractivity contribution is 0.151. The molecule has 110 valence electrons. The highest BCUT2D eigenvalue weighted by atomic mass is 19.1. The van der Waals surface area contributed by atoms with Crippen LogP contribution < -0.4 is 5.32 Å². The molecule has 1 aromatic carbocycles. The Morgan fingerprint density at radius 2 is 1.75 bits per heavy atom. The van der Waals surface area contributed by atoms with Crippen molar-refractivity contribution in [2.24, 2.45) is 0 Å². The van der Waals surface area contributed by atoms with E-state index in [0.29, 0.717) is 0 Å². The SMILES string of the molecule is Fc1ccccc1C1(CN2CCNCC2)CCCCC1. The summed E-state index contributed by atoms with van der Waals surface area (Å²) in [6.45, 7) is 5.34. The fourth-order valence-electron chi connectivity index (χ4n) is 3.93. The first-order valence-corrected chi connectivity index (χ1v) is 7.98. The number of hydrogen-bond donors (Lipinski definition) is 1. The Morgan fingerprint density at radius 3 is 2.45 bits per heavy atom. The van der Waals surface area contributed by atoms with Gasteiger partial charge in [-0.05, 0) is 24.5 Å². The smallest absolute Gasteiger partial charge is 0.127 e. The fourth-order valence-corrected chi connectivity index (χ4v) is 3.93. The molecule has 1 saturated heterocycles. The van der Waals surface area contributed by atoms with E-state index >= 15 is 0 Å². The summed E-state index contributed by atoms with van der Waals surface area (Å²) >= 11 is 0. The molecule has 0 atom stereocenters. The summed E-state index contributed by atoms with van der Waals surface area (Å²) in [5.74, 6) is -0.00969. The highest BCUT2D eigenvalue weighted by Gasteiger charge is 2.37. The Hall–Kier alpha value is -0.930. The molecule has 3 rings (SSSR count). The molecule has 1 N–H and O–H groups in total. The second kappa shape index (κ2) is 6.23. The molecule has 1 aliphatic heterocycles. The second-order valence-electron chi connectivity index (χ2n) is 6.35. The van der Waals surface area contributed by atoms with Crippen LogP contribution in [0.15, 0.2) is 24.3 Å². The van der Waals surface area contributed by atoms with E-state index in [4.69, 9.17) is 0 Å².